The summed E-state index contributed by atoms with van der Waals surface area (Å²) in [6, 6.07) is 0. The number of rotatable bonds is 7. The minimum absolute atomic E-state index is 0.0462. The number of aromatic nitrogens is 2. The molecule has 0 bridgehead atoms. The molecule has 1 aliphatic rings. The van der Waals surface area contributed by atoms with E-state index in [4.69, 9.17) is 4.74 Å². The van der Waals surface area contributed by atoms with Gasteiger partial charge in [-0.3, -0.25) is 14.3 Å². The van der Waals surface area contributed by atoms with Crippen molar-refractivity contribution >= 4 is 17.5 Å². The Morgan fingerprint density at radius 2 is 2.17 bits per heavy atom. The summed E-state index contributed by atoms with van der Waals surface area (Å²) in [6.07, 6.45) is 6.37. The lowest BCUT2D eigenvalue weighted by atomic mass is 9.98. The van der Waals surface area contributed by atoms with Gasteiger partial charge in [-0.2, -0.15) is 5.10 Å². The van der Waals surface area contributed by atoms with Gasteiger partial charge in [0, 0.05) is 19.3 Å². The van der Waals surface area contributed by atoms with E-state index in [-0.39, 0.29) is 12.6 Å². The first-order valence-electron chi connectivity index (χ1n) is 8.41. The Labute approximate surface area is 141 Å². The maximum Gasteiger partial charge on any atom is 0.313 e. The van der Waals surface area contributed by atoms with Gasteiger partial charge in [-0.15, -0.1) is 0 Å². The maximum atomic E-state index is 11.9. The summed E-state index contributed by atoms with van der Waals surface area (Å²) in [4.78, 5) is 23.7. The second-order valence-corrected chi connectivity index (χ2v) is 6.15. The van der Waals surface area contributed by atoms with Crippen LogP contribution < -0.4 is 10.6 Å². The second kappa shape index (κ2) is 8.25. The van der Waals surface area contributed by atoms with E-state index in [2.05, 4.69) is 15.7 Å². The highest BCUT2D eigenvalue weighted by Crippen LogP contribution is 2.15. The molecule has 2 rings (SSSR count). The number of nitrogens with zero attached hydrogens (tertiary/aromatic N) is 2. The molecule has 24 heavy (non-hydrogen) atoms. The monoisotopic (exact) mass is 338 g/mol. The van der Waals surface area contributed by atoms with E-state index in [0.717, 1.165) is 19.4 Å². The Morgan fingerprint density at radius 3 is 2.79 bits per heavy atom. The van der Waals surface area contributed by atoms with Crippen molar-refractivity contribution < 1.29 is 19.4 Å². The van der Waals surface area contributed by atoms with Crippen LogP contribution in [0.1, 0.15) is 39.5 Å². The molecular formula is C16H26N4O4. The summed E-state index contributed by atoms with van der Waals surface area (Å²) in [5.74, 6) is -1.55. The molecule has 0 saturated carbocycles. The highest BCUT2D eigenvalue weighted by molar-refractivity contribution is 6.39. The van der Waals surface area contributed by atoms with Crippen LogP contribution in [0.2, 0.25) is 0 Å². The number of aliphatic hydroxyl groups is 1. The number of anilines is 1. The van der Waals surface area contributed by atoms with Crippen LogP contribution in [-0.2, 0) is 20.9 Å². The SMILES string of the molecule is CCC(O)(CC)CNC(=O)C(=O)Nc1cnn(CC2CCCO2)c1. The van der Waals surface area contributed by atoms with E-state index < -0.39 is 17.4 Å². The second-order valence-electron chi connectivity index (χ2n) is 6.15. The average Bonchev–Trinajstić information content (AvgIpc) is 3.25. The number of carbonyl (C=O) groups is 2. The molecule has 1 unspecified atom stereocenters. The summed E-state index contributed by atoms with van der Waals surface area (Å²) in [5.41, 5.74) is -0.531. The zero-order valence-electron chi connectivity index (χ0n) is 14.2. The predicted octanol–water partition coefficient (Wildman–Crippen LogP) is 0.668. The van der Waals surface area contributed by atoms with E-state index in [0.29, 0.717) is 25.1 Å². The Bertz CT molecular complexity index is 562. The van der Waals surface area contributed by atoms with Gasteiger partial charge in [-0.1, -0.05) is 13.8 Å². The van der Waals surface area contributed by atoms with Gasteiger partial charge in [0.15, 0.2) is 0 Å². The van der Waals surface area contributed by atoms with Crippen molar-refractivity contribution in [1.29, 1.82) is 0 Å². The van der Waals surface area contributed by atoms with Crippen molar-refractivity contribution in [1.82, 2.24) is 15.1 Å². The summed E-state index contributed by atoms with van der Waals surface area (Å²) >= 11 is 0. The van der Waals surface area contributed by atoms with Crippen molar-refractivity contribution in [2.45, 2.75) is 57.8 Å². The topological polar surface area (TPSA) is 105 Å². The van der Waals surface area contributed by atoms with Gasteiger partial charge in [0.05, 0.1) is 30.1 Å². The Balaban J connectivity index is 1.81. The van der Waals surface area contributed by atoms with E-state index in [1.807, 2.05) is 13.8 Å². The van der Waals surface area contributed by atoms with Gasteiger partial charge < -0.3 is 20.5 Å². The lowest BCUT2D eigenvalue weighted by Crippen LogP contribution is -2.45. The molecule has 1 aromatic rings. The predicted molar refractivity (Wildman–Crippen MR) is 88.4 cm³/mol. The summed E-state index contributed by atoms with van der Waals surface area (Å²) in [5, 5.41) is 19.2. The first-order valence-corrected chi connectivity index (χ1v) is 8.41. The molecule has 1 atom stereocenters. The highest BCUT2D eigenvalue weighted by Gasteiger charge is 2.25. The van der Waals surface area contributed by atoms with Crippen LogP contribution in [0.5, 0.6) is 0 Å². The lowest BCUT2D eigenvalue weighted by molar-refractivity contribution is -0.136. The van der Waals surface area contributed by atoms with Crippen LogP contribution in [-0.4, -0.2) is 51.6 Å². The Morgan fingerprint density at radius 1 is 1.42 bits per heavy atom. The molecule has 0 radical (unpaired) electrons. The molecule has 8 heteroatoms. The molecule has 3 N–H and O–H groups in total. The maximum absolute atomic E-state index is 11.9. The van der Waals surface area contributed by atoms with Crippen LogP contribution in [0.3, 0.4) is 0 Å². The van der Waals surface area contributed by atoms with Crippen molar-refractivity contribution in [3.05, 3.63) is 12.4 Å². The van der Waals surface area contributed by atoms with Crippen LogP contribution in [0.4, 0.5) is 5.69 Å². The number of amides is 2. The largest absolute Gasteiger partial charge is 0.388 e. The lowest BCUT2D eigenvalue weighted by Gasteiger charge is -2.25. The zero-order valence-corrected chi connectivity index (χ0v) is 14.2. The standard InChI is InChI=1S/C16H26N4O4/c1-3-16(23,4-2)11-17-14(21)15(22)19-12-8-18-20(9-12)10-13-6-5-7-24-13/h8-9,13,23H,3-7,10-11H2,1-2H3,(H,17,21)(H,19,22). The molecule has 0 spiro atoms. The first-order chi connectivity index (χ1) is 11.5. The van der Waals surface area contributed by atoms with E-state index >= 15 is 0 Å². The van der Waals surface area contributed by atoms with E-state index in [9.17, 15) is 14.7 Å². The summed E-state index contributed by atoms with van der Waals surface area (Å²) < 4.78 is 7.23. The molecule has 1 aromatic heterocycles. The fraction of sp³-hybridized carbons (Fsp3) is 0.688. The summed E-state index contributed by atoms with van der Waals surface area (Å²) in [7, 11) is 0. The molecule has 134 valence electrons. The molecular weight excluding hydrogens is 312 g/mol. The third-order valence-electron chi connectivity index (χ3n) is 4.41. The number of hydrogen-bond donors (Lipinski definition) is 3. The number of hydrogen-bond acceptors (Lipinski definition) is 5. The van der Waals surface area contributed by atoms with Crippen molar-refractivity contribution in [3.8, 4) is 0 Å². The highest BCUT2D eigenvalue weighted by atomic mass is 16.5. The zero-order chi connectivity index (χ0) is 17.6. The summed E-state index contributed by atoms with van der Waals surface area (Å²) in [6.45, 7) is 5.11. The average molecular weight is 338 g/mol. The van der Waals surface area contributed by atoms with Crippen molar-refractivity contribution in [2.24, 2.45) is 0 Å². The fourth-order valence-corrected chi connectivity index (χ4v) is 2.54. The molecule has 1 aliphatic heterocycles. The molecule has 0 aliphatic carbocycles. The minimum atomic E-state index is -0.984. The molecule has 2 heterocycles. The third-order valence-corrected chi connectivity index (χ3v) is 4.41. The van der Waals surface area contributed by atoms with Gasteiger partial charge in [0.2, 0.25) is 0 Å². The molecule has 0 aromatic carbocycles. The van der Waals surface area contributed by atoms with Gasteiger partial charge in [-0.25, -0.2) is 0 Å². The van der Waals surface area contributed by atoms with Crippen LogP contribution in [0, 0.1) is 0 Å². The smallest absolute Gasteiger partial charge is 0.313 e. The molecule has 8 nitrogen and oxygen atoms in total. The number of carbonyl (C=O) groups excluding carboxylic acids is 2. The van der Waals surface area contributed by atoms with Crippen molar-refractivity contribution in [2.75, 3.05) is 18.5 Å². The van der Waals surface area contributed by atoms with Gasteiger partial charge in [0.25, 0.3) is 0 Å². The van der Waals surface area contributed by atoms with Gasteiger partial charge in [-0.05, 0) is 25.7 Å². The molecule has 1 fully saturated rings. The Hall–Kier alpha value is -1.93. The fourth-order valence-electron chi connectivity index (χ4n) is 2.54. The van der Waals surface area contributed by atoms with Gasteiger partial charge >= 0.3 is 11.8 Å². The number of nitrogens with one attached hydrogen (secondary N) is 2. The minimum Gasteiger partial charge on any atom is -0.388 e. The van der Waals surface area contributed by atoms with Crippen LogP contribution >= 0.6 is 0 Å². The van der Waals surface area contributed by atoms with E-state index in [1.165, 1.54) is 6.20 Å². The van der Waals surface area contributed by atoms with E-state index in [1.54, 1.807) is 10.9 Å². The molecule has 2 amide bonds. The van der Waals surface area contributed by atoms with Crippen LogP contribution in [0.15, 0.2) is 12.4 Å². The Kier molecular flexibility index (Phi) is 6.33. The third kappa shape index (κ3) is 5.04. The number of ether oxygens (including phenoxy) is 1. The normalized spacial score (nSPS) is 17.7. The first kappa shape index (κ1) is 18.4. The quantitative estimate of drug-likeness (QED) is 0.634. The van der Waals surface area contributed by atoms with Crippen molar-refractivity contribution in [3.63, 3.8) is 0 Å². The van der Waals surface area contributed by atoms with Crippen LogP contribution in [0.25, 0.3) is 0 Å². The van der Waals surface area contributed by atoms with Gasteiger partial charge in [0.1, 0.15) is 0 Å². The molecule has 1 saturated heterocycles.